The Morgan fingerprint density at radius 3 is 2.72 bits per heavy atom. The summed E-state index contributed by atoms with van der Waals surface area (Å²) in [6.45, 7) is 0.267. The van der Waals surface area contributed by atoms with Gasteiger partial charge in [-0.1, -0.05) is 35.9 Å². The summed E-state index contributed by atoms with van der Waals surface area (Å²) in [5, 5.41) is 0.641. The summed E-state index contributed by atoms with van der Waals surface area (Å²) in [7, 11) is 0. The number of rotatable bonds is 5. The second-order valence-corrected chi connectivity index (χ2v) is 7.53. The number of nitrogens with zero attached hydrogens (tertiary/aromatic N) is 2. The van der Waals surface area contributed by atoms with Crippen LogP contribution in [0.1, 0.15) is 49.9 Å². The Bertz CT molecular complexity index is 1070. The van der Waals surface area contributed by atoms with E-state index in [1.54, 1.807) is 41.6 Å². The van der Waals surface area contributed by atoms with Crippen LogP contribution in [0.4, 0.5) is 0 Å². The Morgan fingerprint density at radius 2 is 1.97 bits per heavy atom. The second-order valence-electron chi connectivity index (χ2n) is 7.09. The van der Waals surface area contributed by atoms with Crippen LogP contribution >= 0.6 is 11.6 Å². The Hall–Kier alpha value is -3.18. The number of primary amides is 1. The largest absolute Gasteiger partial charge is 0.366 e. The van der Waals surface area contributed by atoms with Crippen molar-refractivity contribution in [1.29, 1.82) is 0 Å². The number of nitrogens with two attached hydrogens (primary N) is 1. The second kappa shape index (κ2) is 8.05. The molecule has 2 aromatic carbocycles. The van der Waals surface area contributed by atoms with Crippen LogP contribution < -0.4 is 5.73 Å². The first-order chi connectivity index (χ1) is 14.0. The van der Waals surface area contributed by atoms with Crippen LogP contribution in [-0.2, 0) is 13.0 Å². The Kier molecular flexibility index (Phi) is 5.32. The highest BCUT2D eigenvalue weighted by Gasteiger charge is 2.32. The smallest absolute Gasteiger partial charge is 0.256 e. The number of hydrogen-bond acceptors (Lipinski definition) is 3. The van der Waals surface area contributed by atoms with Gasteiger partial charge in [-0.25, -0.2) is 0 Å². The van der Waals surface area contributed by atoms with Crippen molar-refractivity contribution in [2.45, 2.75) is 25.4 Å². The molecular formula is C23H20ClN3O2. The molecule has 0 saturated carbocycles. The minimum absolute atomic E-state index is 0.141. The number of aryl methyl sites for hydroxylation is 1. The monoisotopic (exact) mass is 405 g/mol. The minimum Gasteiger partial charge on any atom is -0.366 e. The first kappa shape index (κ1) is 19.2. The maximum absolute atomic E-state index is 13.4. The number of pyridine rings is 1. The normalized spacial score (nSPS) is 15.0. The predicted octanol–water partition coefficient (Wildman–Crippen LogP) is 4.16. The van der Waals surface area contributed by atoms with Crippen LogP contribution in [0.15, 0.2) is 67.0 Å². The first-order valence-electron chi connectivity index (χ1n) is 9.41. The molecule has 1 aromatic heterocycles. The van der Waals surface area contributed by atoms with Gasteiger partial charge in [-0.15, -0.1) is 0 Å². The number of carbonyl (C=O) groups is 2. The van der Waals surface area contributed by atoms with Gasteiger partial charge in [0.2, 0.25) is 5.91 Å². The SMILES string of the molecule is NC(=O)c1ccccc1CN(C(=O)c1cccnc1)[C@@H]1CCc2ccc(Cl)cc21. The Balaban J connectivity index is 1.77. The van der Waals surface area contributed by atoms with E-state index in [1.165, 1.54) is 5.56 Å². The van der Waals surface area contributed by atoms with E-state index in [2.05, 4.69) is 4.98 Å². The van der Waals surface area contributed by atoms with Gasteiger partial charge in [0.15, 0.2) is 0 Å². The molecule has 2 N–H and O–H groups in total. The number of aromatic nitrogens is 1. The van der Waals surface area contributed by atoms with Crippen molar-refractivity contribution in [3.05, 3.63) is 99.8 Å². The zero-order chi connectivity index (χ0) is 20.4. The van der Waals surface area contributed by atoms with Gasteiger partial charge in [0.25, 0.3) is 5.91 Å². The molecule has 29 heavy (non-hydrogen) atoms. The van der Waals surface area contributed by atoms with Gasteiger partial charge in [0.1, 0.15) is 0 Å². The lowest BCUT2D eigenvalue weighted by Crippen LogP contribution is -2.34. The molecule has 0 radical (unpaired) electrons. The van der Waals surface area contributed by atoms with Crippen LogP contribution in [0.5, 0.6) is 0 Å². The van der Waals surface area contributed by atoms with E-state index < -0.39 is 5.91 Å². The van der Waals surface area contributed by atoms with E-state index in [1.807, 2.05) is 30.3 Å². The third-order valence-corrected chi connectivity index (χ3v) is 5.56. The summed E-state index contributed by atoms with van der Waals surface area (Å²) >= 11 is 6.24. The van der Waals surface area contributed by atoms with Gasteiger partial charge in [-0.05, 0) is 59.9 Å². The quantitative estimate of drug-likeness (QED) is 0.692. The van der Waals surface area contributed by atoms with E-state index in [9.17, 15) is 9.59 Å². The van der Waals surface area contributed by atoms with Crippen LogP contribution in [0.3, 0.4) is 0 Å². The molecule has 4 rings (SSSR count). The third kappa shape index (κ3) is 3.87. The van der Waals surface area contributed by atoms with E-state index >= 15 is 0 Å². The lowest BCUT2D eigenvalue weighted by molar-refractivity contribution is 0.0656. The fraction of sp³-hybridized carbons (Fsp3) is 0.174. The Morgan fingerprint density at radius 1 is 1.14 bits per heavy atom. The zero-order valence-electron chi connectivity index (χ0n) is 15.7. The molecule has 0 fully saturated rings. The number of hydrogen-bond donors (Lipinski definition) is 1. The van der Waals surface area contributed by atoms with E-state index in [-0.39, 0.29) is 18.5 Å². The number of fused-ring (bicyclic) bond motifs is 1. The lowest BCUT2D eigenvalue weighted by atomic mass is 10.0. The highest BCUT2D eigenvalue weighted by atomic mass is 35.5. The van der Waals surface area contributed by atoms with Crippen molar-refractivity contribution in [2.75, 3.05) is 0 Å². The molecule has 2 amide bonds. The van der Waals surface area contributed by atoms with Crippen molar-refractivity contribution in [2.24, 2.45) is 5.73 Å². The molecular weight excluding hydrogens is 386 g/mol. The number of amides is 2. The Labute approximate surface area is 174 Å². The molecule has 0 spiro atoms. The van der Waals surface area contributed by atoms with Gasteiger partial charge < -0.3 is 10.6 Å². The maximum atomic E-state index is 13.4. The summed E-state index contributed by atoms with van der Waals surface area (Å²) in [6.07, 6.45) is 4.85. The summed E-state index contributed by atoms with van der Waals surface area (Å²) < 4.78 is 0. The molecule has 0 aliphatic heterocycles. The fourth-order valence-electron chi connectivity index (χ4n) is 3.94. The van der Waals surface area contributed by atoms with Crippen molar-refractivity contribution in [1.82, 2.24) is 9.88 Å². The molecule has 0 unspecified atom stereocenters. The fourth-order valence-corrected chi connectivity index (χ4v) is 4.12. The van der Waals surface area contributed by atoms with Crippen molar-refractivity contribution in [3.8, 4) is 0 Å². The summed E-state index contributed by atoms with van der Waals surface area (Å²) in [6, 6.07) is 16.3. The van der Waals surface area contributed by atoms with Gasteiger partial charge >= 0.3 is 0 Å². The van der Waals surface area contributed by atoms with Crippen LogP contribution in [0.2, 0.25) is 5.02 Å². The molecule has 3 aromatic rings. The van der Waals surface area contributed by atoms with E-state index in [4.69, 9.17) is 17.3 Å². The van der Waals surface area contributed by atoms with Crippen LogP contribution in [0.25, 0.3) is 0 Å². The van der Waals surface area contributed by atoms with Crippen LogP contribution in [-0.4, -0.2) is 21.7 Å². The predicted molar refractivity (Wildman–Crippen MR) is 112 cm³/mol. The van der Waals surface area contributed by atoms with Crippen molar-refractivity contribution in [3.63, 3.8) is 0 Å². The third-order valence-electron chi connectivity index (χ3n) is 5.32. The topological polar surface area (TPSA) is 76.3 Å². The average Bonchev–Trinajstić information content (AvgIpc) is 3.15. The van der Waals surface area contributed by atoms with Crippen molar-refractivity contribution >= 4 is 23.4 Å². The molecule has 6 heteroatoms. The molecule has 1 aliphatic carbocycles. The van der Waals surface area contributed by atoms with E-state index in [0.29, 0.717) is 21.7 Å². The highest BCUT2D eigenvalue weighted by Crippen LogP contribution is 2.39. The van der Waals surface area contributed by atoms with Crippen LogP contribution in [0, 0.1) is 0 Å². The minimum atomic E-state index is -0.510. The summed E-state index contributed by atoms with van der Waals surface area (Å²) in [5.41, 5.74) is 9.42. The van der Waals surface area contributed by atoms with Gasteiger partial charge in [-0.3, -0.25) is 14.6 Å². The zero-order valence-corrected chi connectivity index (χ0v) is 16.5. The molecule has 1 heterocycles. The first-order valence-corrected chi connectivity index (χ1v) is 9.79. The molecule has 0 saturated heterocycles. The summed E-state index contributed by atoms with van der Waals surface area (Å²) in [4.78, 5) is 31.2. The number of carbonyl (C=O) groups excluding carboxylic acids is 2. The molecule has 1 aliphatic rings. The number of benzene rings is 2. The molecule has 1 atom stereocenters. The van der Waals surface area contributed by atoms with E-state index in [0.717, 1.165) is 18.4 Å². The standard InChI is InChI=1S/C23H20ClN3O2/c24-18-9-7-15-8-10-21(20(15)12-18)27(23(29)16-5-3-11-26-13-16)14-17-4-1-2-6-19(17)22(25)28/h1-7,9,11-13,21H,8,10,14H2,(H2,25,28)/t21-/m1/s1. The molecule has 146 valence electrons. The van der Waals surface area contributed by atoms with Gasteiger partial charge in [-0.2, -0.15) is 0 Å². The van der Waals surface area contributed by atoms with Gasteiger partial charge in [0, 0.05) is 29.5 Å². The molecule has 5 nitrogen and oxygen atoms in total. The summed E-state index contributed by atoms with van der Waals surface area (Å²) in [5.74, 6) is -0.653. The van der Waals surface area contributed by atoms with Gasteiger partial charge in [0.05, 0.1) is 11.6 Å². The highest BCUT2D eigenvalue weighted by molar-refractivity contribution is 6.30. The lowest BCUT2D eigenvalue weighted by Gasteiger charge is -2.30. The maximum Gasteiger partial charge on any atom is 0.256 e. The average molecular weight is 406 g/mol. The van der Waals surface area contributed by atoms with Crippen molar-refractivity contribution < 1.29 is 9.59 Å². The molecule has 0 bridgehead atoms. The number of halogens is 1.